The largest absolute Gasteiger partial charge is 0.460 e. The molecule has 0 radical (unpaired) electrons. The van der Waals surface area contributed by atoms with Gasteiger partial charge in [-0.15, -0.1) is 0 Å². The Morgan fingerprint density at radius 2 is 1.82 bits per heavy atom. The number of amides is 1. The Morgan fingerprint density at radius 3 is 2.52 bits per heavy atom. The highest BCUT2D eigenvalue weighted by Gasteiger charge is 2.27. The van der Waals surface area contributed by atoms with Crippen molar-refractivity contribution in [3.63, 3.8) is 0 Å². The van der Waals surface area contributed by atoms with Gasteiger partial charge >= 0.3 is 0 Å². The fraction of sp³-hybridized carbons (Fsp3) is 0.259. The number of nitrogens with zero attached hydrogens (tertiary/aromatic N) is 3. The van der Waals surface area contributed by atoms with Crippen molar-refractivity contribution in [1.29, 1.82) is 0 Å². The quantitative estimate of drug-likeness (QED) is 0.357. The lowest BCUT2D eigenvalue weighted by Crippen LogP contribution is -2.39. The maximum atomic E-state index is 13.6. The summed E-state index contributed by atoms with van der Waals surface area (Å²) in [5, 5.41) is 5.30. The lowest BCUT2D eigenvalue weighted by molar-refractivity contribution is 0.0681. The predicted octanol–water partition coefficient (Wildman–Crippen LogP) is 6.19. The number of halogens is 1. The number of benzene rings is 2. The normalized spacial score (nSPS) is 14.5. The van der Waals surface area contributed by atoms with E-state index in [4.69, 9.17) is 21.1 Å². The van der Waals surface area contributed by atoms with Crippen LogP contribution in [0.5, 0.6) is 0 Å². The summed E-state index contributed by atoms with van der Waals surface area (Å²) in [7, 11) is 0. The first-order chi connectivity index (χ1) is 16.1. The molecule has 0 aliphatic carbocycles. The topological polar surface area (TPSA) is 51.3 Å². The van der Waals surface area contributed by atoms with E-state index in [1.54, 1.807) is 4.68 Å². The minimum atomic E-state index is -0.0184. The van der Waals surface area contributed by atoms with Gasteiger partial charge in [-0.1, -0.05) is 48.0 Å². The molecule has 1 amide bonds. The van der Waals surface area contributed by atoms with Gasteiger partial charge in [0.05, 0.1) is 5.69 Å². The molecule has 1 aliphatic heterocycles. The van der Waals surface area contributed by atoms with E-state index in [-0.39, 0.29) is 5.91 Å². The highest BCUT2D eigenvalue weighted by atomic mass is 35.5. The molecule has 2 aromatic carbocycles. The van der Waals surface area contributed by atoms with E-state index in [2.05, 4.69) is 24.3 Å². The molecule has 5 rings (SSSR count). The van der Waals surface area contributed by atoms with Gasteiger partial charge in [-0.05, 0) is 68.0 Å². The van der Waals surface area contributed by atoms with Gasteiger partial charge in [-0.2, -0.15) is 5.10 Å². The number of carbonyl (C=O) groups is 1. The van der Waals surface area contributed by atoms with Crippen LogP contribution in [-0.4, -0.2) is 33.7 Å². The minimum absolute atomic E-state index is 0.0184. The molecule has 6 heteroatoms. The molecule has 1 aliphatic rings. The Hall–Kier alpha value is -3.31. The first-order valence-electron chi connectivity index (χ1n) is 11.3. The van der Waals surface area contributed by atoms with Crippen molar-refractivity contribution in [2.24, 2.45) is 5.92 Å². The summed E-state index contributed by atoms with van der Waals surface area (Å²) in [6.45, 7) is 3.38. The predicted molar refractivity (Wildman–Crippen MR) is 130 cm³/mol. The van der Waals surface area contributed by atoms with Crippen molar-refractivity contribution in [3.05, 3.63) is 94.8 Å². The molecular weight excluding hydrogens is 434 g/mol. The molecule has 1 saturated heterocycles. The van der Waals surface area contributed by atoms with Crippen molar-refractivity contribution in [3.8, 4) is 17.1 Å². The molecule has 168 valence electrons. The summed E-state index contributed by atoms with van der Waals surface area (Å²) in [6, 6.07) is 23.6. The second-order valence-corrected chi connectivity index (χ2v) is 9.08. The number of hydrogen-bond donors (Lipinski definition) is 0. The van der Waals surface area contributed by atoms with Crippen LogP contribution in [0.3, 0.4) is 0 Å². The number of furan rings is 1. The maximum absolute atomic E-state index is 13.6. The maximum Gasteiger partial charge on any atom is 0.272 e. The fourth-order valence-corrected chi connectivity index (χ4v) is 4.66. The molecule has 0 atom stereocenters. The Bertz CT molecular complexity index is 1250. The third-order valence-electron chi connectivity index (χ3n) is 6.24. The lowest BCUT2D eigenvalue weighted by Gasteiger charge is -2.32. The van der Waals surface area contributed by atoms with E-state index in [0.29, 0.717) is 28.1 Å². The summed E-state index contributed by atoms with van der Waals surface area (Å²) < 4.78 is 7.44. The van der Waals surface area contributed by atoms with Crippen LogP contribution in [0.1, 0.15) is 34.7 Å². The van der Waals surface area contributed by atoms with Crippen molar-refractivity contribution >= 4 is 17.5 Å². The van der Waals surface area contributed by atoms with Crippen LogP contribution in [0, 0.1) is 12.8 Å². The Balaban J connectivity index is 1.38. The van der Waals surface area contributed by atoms with Crippen LogP contribution < -0.4 is 0 Å². The van der Waals surface area contributed by atoms with Crippen LogP contribution >= 0.6 is 11.6 Å². The highest BCUT2D eigenvalue weighted by molar-refractivity contribution is 6.30. The number of piperidine rings is 1. The number of aromatic nitrogens is 2. The second kappa shape index (κ2) is 9.28. The molecule has 0 unspecified atom stereocenters. The van der Waals surface area contributed by atoms with E-state index >= 15 is 0 Å². The van der Waals surface area contributed by atoms with Gasteiger partial charge in [0.2, 0.25) is 0 Å². The average molecular weight is 460 g/mol. The van der Waals surface area contributed by atoms with Gasteiger partial charge in [-0.3, -0.25) is 4.79 Å². The van der Waals surface area contributed by atoms with Crippen LogP contribution in [0.15, 0.2) is 77.2 Å². The van der Waals surface area contributed by atoms with Gasteiger partial charge < -0.3 is 9.32 Å². The van der Waals surface area contributed by atoms with Gasteiger partial charge in [0.15, 0.2) is 5.76 Å². The number of hydrogen-bond acceptors (Lipinski definition) is 3. The van der Waals surface area contributed by atoms with Crippen LogP contribution in [0.2, 0.25) is 5.02 Å². The zero-order chi connectivity index (χ0) is 22.8. The summed E-state index contributed by atoms with van der Waals surface area (Å²) in [5.74, 6) is 2.02. The van der Waals surface area contributed by atoms with Crippen LogP contribution in [0.4, 0.5) is 0 Å². The standard InChI is InChI=1S/C27H26ClN3O2/c1-19-10-11-26(33-19)24-18-25(31(29-24)23-9-5-8-22(28)17-23)27(32)30-14-12-21(13-15-30)16-20-6-3-2-4-7-20/h2-11,17-18,21H,12-16H2,1H3. The average Bonchev–Trinajstić information content (AvgIpc) is 3.46. The SMILES string of the molecule is Cc1ccc(-c2cc(C(=O)N3CCC(Cc4ccccc4)CC3)n(-c3cccc(Cl)c3)n2)o1. The van der Waals surface area contributed by atoms with Gasteiger partial charge in [-0.25, -0.2) is 4.68 Å². The number of rotatable bonds is 5. The number of carbonyl (C=O) groups excluding carboxylic acids is 1. The third kappa shape index (κ3) is 4.74. The van der Waals surface area contributed by atoms with Crippen molar-refractivity contribution in [2.45, 2.75) is 26.2 Å². The molecule has 1 fully saturated rings. The van der Waals surface area contributed by atoms with Crippen molar-refractivity contribution in [2.75, 3.05) is 13.1 Å². The first kappa shape index (κ1) is 21.5. The molecular formula is C27H26ClN3O2. The summed E-state index contributed by atoms with van der Waals surface area (Å²) in [5.41, 5.74) is 3.26. The zero-order valence-corrected chi connectivity index (χ0v) is 19.3. The monoisotopic (exact) mass is 459 g/mol. The summed E-state index contributed by atoms with van der Waals surface area (Å²) in [4.78, 5) is 15.5. The van der Waals surface area contributed by atoms with Crippen molar-refractivity contribution in [1.82, 2.24) is 14.7 Å². The molecule has 4 aromatic rings. The van der Waals surface area contributed by atoms with Crippen LogP contribution in [0.25, 0.3) is 17.1 Å². The Kier molecular flexibility index (Phi) is 6.05. The molecule has 0 N–H and O–H groups in total. The Morgan fingerprint density at radius 1 is 1.03 bits per heavy atom. The molecule has 2 aromatic heterocycles. The second-order valence-electron chi connectivity index (χ2n) is 8.64. The molecule has 3 heterocycles. The molecule has 5 nitrogen and oxygen atoms in total. The van der Waals surface area contributed by atoms with E-state index in [1.807, 2.05) is 60.4 Å². The van der Waals surface area contributed by atoms with E-state index in [9.17, 15) is 4.79 Å². The van der Waals surface area contributed by atoms with Crippen molar-refractivity contribution < 1.29 is 9.21 Å². The molecule has 0 spiro atoms. The fourth-order valence-electron chi connectivity index (χ4n) is 4.48. The molecule has 0 bridgehead atoms. The van der Waals surface area contributed by atoms with E-state index in [1.165, 1.54) is 5.56 Å². The minimum Gasteiger partial charge on any atom is -0.460 e. The van der Waals surface area contributed by atoms with E-state index < -0.39 is 0 Å². The number of aryl methyl sites for hydroxylation is 1. The van der Waals surface area contributed by atoms with Gasteiger partial charge in [0, 0.05) is 24.2 Å². The molecule has 33 heavy (non-hydrogen) atoms. The first-order valence-corrected chi connectivity index (χ1v) is 11.7. The Labute approximate surface area is 198 Å². The zero-order valence-electron chi connectivity index (χ0n) is 18.6. The van der Waals surface area contributed by atoms with E-state index in [0.717, 1.165) is 43.8 Å². The highest BCUT2D eigenvalue weighted by Crippen LogP contribution is 2.27. The van der Waals surface area contributed by atoms with Gasteiger partial charge in [0.25, 0.3) is 5.91 Å². The summed E-state index contributed by atoms with van der Waals surface area (Å²) >= 11 is 6.23. The molecule has 0 saturated carbocycles. The summed E-state index contributed by atoms with van der Waals surface area (Å²) in [6.07, 6.45) is 3.05. The lowest BCUT2D eigenvalue weighted by atomic mass is 9.90. The third-order valence-corrected chi connectivity index (χ3v) is 6.48. The van der Waals surface area contributed by atoms with Crippen LogP contribution in [-0.2, 0) is 6.42 Å². The number of likely N-dealkylation sites (tertiary alicyclic amines) is 1. The van der Waals surface area contributed by atoms with Gasteiger partial charge in [0.1, 0.15) is 17.1 Å². The smallest absolute Gasteiger partial charge is 0.272 e.